The molecule has 3 aromatic rings. The molecule has 0 bridgehead atoms. The van der Waals surface area contributed by atoms with Crippen LogP contribution in [-0.2, 0) is 16.0 Å². The molecule has 1 saturated heterocycles. The minimum Gasteiger partial charge on any atom is -0.323 e. The zero-order valence-electron chi connectivity index (χ0n) is 14.7. The number of para-hydroxylation sites is 1. The lowest BCUT2D eigenvalue weighted by molar-refractivity contribution is -0.131. The van der Waals surface area contributed by atoms with E-state index in [0.717, 1.165) is 16.6 Å². The Morgan fingerprint density at radius 1 is 1.11 bits per heavy atom. The van der Waals surface area contributed by atoms with Crippen molar-refractivity contribution in [1.29, 1.82) is 0 Å². The number of hydrogen-bond acceptors (Lipinski definition) is 5. The normalized spacial score (nSPS) is 14.1. The van der Waals surface area contributed by atoms with E-state index < -0.39 is 0 Å². The summed E-state index contributed by atoms with van der Waals surface area (Å²) in [4.78, 5) is 32.9. The van der Waals surface area contributed by atoms with Crippen LogP contribution < -0.4 is 4.90 Å². The third kappa shape index (κ3) is 4.14. The molecule has 5 nitrogen and oxygen atoms in total. The molecule has 0 saturated carbocycles. The summed E-state index contributed by atoms with van der Waals surface area (Å²) in [5.41, 5.74) is 2.06. The van der Waals surface area contributed by atoms with Gasteiger partial charge in [-0.25, -0.2) is 4.98 Å². The summed E-state index contributed by atoms with van der Waals surface area (Å²) < 4.78 is 1.05. The molecule has 4 rings (SSSR count). The Balaban J connectivity index is 1.57. The van der Waals surface area contributed by atoms with E-state index in [2.05, 4.69) is 17.1 Å². The fourth-order valence-corrected chi connectivity index (χ4v) is 4.89. The molecule has 0 N–H and O–H groups in total. The number of thiazole rings is 1. The van der Waals surface area contributed by atoms with Gasteiger partial charge in [0, 0.05) is 6.54 Å². The number of anilines is 1. The smallest absolute Gasteiger partial charge is 0.248 e. The first-order chi connectivity index (χ1) is 13.2. The number of amides is 2. The molecule has 2 amide bonds. The standard InChI is InChI=1S/C20H19N3O2S2/c24-18(12-22-14-26-13-19(22)25)23(11-10-15-6-2-1-3-7-15)20-21-16-8-4-5-9-17(16)27-20/h1-9H,10-14H2. The molecule has 0 aliphatic carbocycles. The first-order valence-corrected chi connectivity index (χ1v) is 10.7. The summed E-state index contributed by atoms with van der Waals surface area (Å²) in [5, 5.41) is 0.691. The maximum atomic E-state index is 13.0. The van der Waals surface area contributed by atoms with E-state index in [1.165, 1.54) is 16.9 Å². The molecule has 1 fully saturated rings. The van der Waals surface area contributed by atoms with Crippen molar-refractivity contribution in [2.45, 2.75) is 6.42 Å². The van der Waals surface area contributed by atoms with Crippen molar-refractivity contribution in [1.82, 2.24) is 9.88 Å². The highest BCUT2D eigenvalue weighted by atomic mass is 32.2. The Morgan fingerprint density at radius 3 is 2.63 bits per heavy atom. The van der Waals surface area contributed by atoms with Crippen molar-refractivity contribution < 1.29 is 9.59 Å². The maximum absolute atomic E-state index is 13.0. The van der Waals surface area contributed by atoms with E-state index in [1.54, 1.807) is 21.6 Å². The largest absolute Gasteiger partial charge is 0.323 e. The van der Waals surface area contributed by atoms with Gasteiger partial charge < -0.3 is 4.90 Å². The summed E-state index contributed by atoms with van der Waals surface area (Å²) >= 11 is 3.06. The minimum atomic E-state index is -0.0826. The highest BCUT2D eigenvalue weighted by Crippen LogP contribution is 2.29. The monoisotopic (exact) mass is 397 g/mol. The Hall–Kier alpha value is -2.38. The molecule has 0 unspecified atom stereocenters. The lowest BCUT2D eigenvalue weighted by Crippen LogP contribution is -2.42. The molecule has 7 heteroatoms. The van der Waals surface area contributed by atoms with E-state index in [9.17, 15) is 9.59 Å². The molecule has 138 valence electrons. The topological polar surface area (TPSA) is 53.5 Å². The van der Waals surface area contributed by atoms with Gasteiger partial charge in [0.15, 0.2) is 5.13 Å². The predicted octanol–water partition coefficient (Wildman–Crippen LogP) is 3.40. The van der Waals surface area contributed by atoms with E-state index in [4.69, 9.17) is 0 Å². The molecule has 2 heterocycles. The van der Waals surface area contributed by atoms with E-state index in [-0.39, 0.29) is 18.4 Å². The van der Waals surface area contributed by atoms with Crippen LogP contribution in [0, 0.1) is 0 Å². The van der Waals surface area contributed by atoms with Gasteiger partial charge in [-0.3, -0.25) is 14.5 Å². The third-order valence-electron chi connectivity index (χ3n) is 4.43. The number of fused-ring (bicyclic) bond motifs is 1. The molecule has 2 aromatic carbocycles. The van der Waals surface area contributed by atoms with E-state index in [0.29, 0.717) is 23.3 Å². The van der Waals surface area contributed by atoms with Gasteiger partial charge in [-0.05, 0) is 24.1 Å². The van der Waals surface area contributed by atoms with Crippen molar-refractivity contribution in [2.24, 2.45) is 0 Å². The van der Waals surface area contributed by atoms with Gasteiger partial charge in [0.2, 0.25) is 11.8 Å². The average molecular weight is 398 g/mol. The summed E-state index contributed by atoms with van der Waals surface area (Å²) in [6.45, 7) is 0.647. The summed E-state index contributed by atoms with van der Waals surface area (Å²) in [6.07, 6.45) is 0.741. The van der Waals surface area contributed by atoms with Gasteiger partial charge in [-0.2, -0.15) is 0 Å². The fourth-order valence-electron chi connectivity index (χ4n) is 2.98. The van der Waals surface area contributed by atoms with Crippen LogP contribution in [0.3, 0.4) is 0 Å². The lowest BCUT2D eigenvalue weighted by atomic mass is 10.1. The van der Waals surface area contributed by atoms with Crippen molar-refractivity contribution in [3.8, 4) is 0 Å². The number of rotatable bonds is 6. The highest BCUT2D eigenvalue weighted by Gasteiger charge is 2.27. The second kappa shape index (κ2) is 8.10. The molecule has 1 aliphatic heterocycles. The Kier molecular flexibility index (Phi) is 5.40. The number of hydrogen-bond donors (Lipinski definition) is 0. The van der Waals surface area contributed by atoms with Gasteiger partial charge >= 0.3 is 0 Å². The number of nitrogens with zero attached hydrogens (tertiary/aromatic N) is 3. The fraction of sp³-hybridized carbons (Fsp3) is 0.250. The molecule has 0 spiro atoms. The van der Waals surface area contributed by atoms with Crippen LogP contribution in [0.5, 0.6) is 0 Å². The summed E-state index contributed by atoms with van der Waals surface area (Å²) in [7, 11) is 0. The third-order valence-corrected chi connectivity index (χ3v) is 6.44. The van der Waals surface area contributed by atoms with Gasteiger partial charge in [0.05, 0.1) is 21.8 Å². The number of aromatic nitrogens is 1. The van der Waals surface area contributed by atoms with E-state index in [1.807, 2.05) is 42.5 Å². The second-order valence-corrected chi connectivity index (χ2v) is 8.28. The number of carbonyl (C=O) groups is 2. The lowest BCUT2D eigenvalue weighted by Gasteiger charge is -2.23. The number of benzene rings is 2. The molecule has 0 radical (unpaired) electrons. The second-order valence-electron chi connectivity index (χ2n) is 6.31. The van der Waals surface area contributed by atoms with Gasteiger partial charge in [0.25, 0.3) is 0 Å². The zero-order valence-corrected chi connectivity index (χ0v) is 16.3. The quantitative estimate of drug-likeness (QED) is 0.640. The average Bonchev–Trinajstić information content (AvgIpc) is 3.29. The van der Waals surface area contributed by atoms with Crippen LogP contribution in [-0.4, -0.2) is 46.4 Å². The molecule has 1 aromatic heterocycles. The molecule has 0 atom stereocenters. The van der Waals surface area contributed by atoms with Crippen LogP contribution in [0.2, 0.25) is 0 Å². The molecular weight excluding hydrogens is 378 g/mol. The predicted molar refractivity (Wildman–Crippen MR) is 111 cm³/mol. The molecule has 27 heavy (non-hydrogen) atoms. The van der Waals surface area contributed by atoms with Gasteiger partial charge in [-0.15, -0.1) is 11.8 Å². The Bertz CT molecular complexity index is 925. The zero-order chi connectivity index (χ0) is 18.6. The van der Waals surface area contributed by atoms with Crippen molar-refractivity contribution >= 4 is 50.3 Å². The van der Waals surface area contributed by atoms with Crippen molar-refractivity contribution in [3.05, 3.63) is 60.2 Å². The molecular formula is C20H19N3O2S2. The first kappa shape index (κ1) is 18.0. The van der Waals surface area contributed by atoms with Crippen LogP contribution in [0.15, 0.2) is 54.6 Å². The van der Waals surface area contributed by atoms with Crippen molar-refractivity contribution in [2.75, 3.05) is 29.6 Å². The van der Waals surface area contributed by atoms with Gasteiger partial charge in [0.1, 0.15) is 6.54 Å². The van der Waals surface area contributed by atoms with Crippen molar-refractivity contribution in [3.63, 3.8) is 0 Å². The van der Waals surface area contributed by atoms with Crippen LogP contribution in [0.1, 0.15) is 5.56 Å². The van der Waals surface area contributed by atoms with Crippen LogP contribution in [0.4, 0.5) is 5.13 Å². The van der Waals surface area contributed by atoms with Crippen LogP contribution in [0.25, 0.3) is 10.2 Å². The van der Waals surface area contributed by atoms with E-state index >= 15 is 0 Å². The number of carbonyl (C=O) groups excluding carboxylic acids is 2. The Morgan fingerprint density at radius 2 is 1.89 bits per heavy atom. The molecule has 1 aliphatic rings. The Labute approximate surface area is 166 Å². The maximum Gasteiger partial charge on any atom is 0.248 e. The minimum absolute atomic E-state index is 0.0284. The summed E-state index contributed by atoms with van der Waals surface area (Å²) in [6, 6.07) is 18.0. The van der Waals surface area contributed by atoms with Gasteiger partial charge in [-0.1, -0.05) is 53.8 Å². The highest BCUT2D eigenvalue weighted by molar-refractivity contribution is 8.00. The SMILES string of the molecule is O=C1CSCN1CC(=O)N(CCc1ccccc1)c1nc2ccccc2s1. The number of thioether (sulfide) groups is 1. The summed E-state index contributed by atoms with van der Waals surface area (Å²) in [5.74, 6) is 0.983. The van der Waals surface area contributed by atoms with Crippen LogP contribution >= 0.6 is 23.1 Å². The first-order valence-electron chi connectivity index (χ1n) is 8.76.